The van der Waals surface area contributed by atoms with Crippen LogP contribution in [0.2, 0.25) is 0 Å². The van der Waals surface area contributed by atoms with Gasteiger partial charge in [0.1, 0.15) is 11.6 Å². The van der Waals surface area contributed by atoms with Crippen LogP contribution in [-0.4, -0.2) is 76.0 Å². The van der Waals surface area contributed by atoms with Gasteiger partial charge in [-0.1, -0.05) is 48.5 Å². The van der Waals surface area contributed by atoms with E-state index >= 15 is 105 Å². The molecule has 123 heavy (non-hydrogen) atoms. The summed E-state index contributed by atoms with van der Waals surface area (Å²) in [6.45, 7) is 0. The number of nitrogens with zero attached hydrogens (tertiary/aromatic N) is 10. The number of imidazole rings is 2. The first kappa shape index (κ1) is 83.0. The van der Waals surface area contributed by atoms with E-state index in [4.69, 9.17) is 29.4 Å². The average molecular weight is 1770 g/mol. The molecule has 0 fully saturated rings. The summed E-state index contributed by atoms with van der Waals surface area (Å²) < 4.78 is 373. The molecule has 627 valence electrons. The number of alkyl halides is 24. The number of aromatic nitrogens is 12. The van der Waals surface area contributed by atoms with Gasteiger partial charge < -0.3 is 49.3 Å². The molecule has 17 rings (SSSR count). The Labute approximate surface area is 678 Å². The summed E-state index contributed by atoms with van der Waals surface area (Å²) >= 11 is 0. The van der Waals surface area contributed by atoms with Crippen molar-refractivity contribution in [2.45, 2.75) is 49.4 Å². The quantitative estimate of drug-likeness (QED) is 0.0822. The third-order valence-corrected chi connectivity index (χ3v) is 20.0. The number of hydrogen-bond acceptors (Lipinski definition) is 12. The van der Waals surface area contributed by atoms with Crippen molar-refractivity contribution in [3.8, 4) is 113 Å². The van der Waals surface area contributed by atoms with E-state index in [1.54, 1.807) is 0 Å². The summed E-state index contributed by atoms with van der Waals surface area (Å²) in [4.78, 5) is 78.0. The fraction of sp³-hybridized carbons (Fsp3) is 0.122. The summed E-state index contributed by atoms with van der Waals surface area (Å²) in [7, 11) is 2.19. The summed E-state index contributed by atoms with van der Waals surface area (Å²) in [5, 5.41) is -3.32. The van der Waals surface area contributed by atoms with Crippen LogP contribution in [-0.2, 0) is 76.0 Å². The van der Waals surface area contributed by atoms with Gasteiger partial charge in [0, 0.05) is 77.5 Å². The molecule has 0 saturated heterocycles. The number of fused-ring (bicyclic) bond motifs is 22. The van der Waals surface area contributed by atoms with Gasteiger partial charge in [-0.05, 0) is 166 Å². The molecule has 41 heteroatoms. The maximum Gasteiger partial charge on any atom is 2.00 e. The maximum absolute atomic E-state index is 15.1. The van der Waals surface area contributed by atoms with Gasteiger partial charge in [0.15, 0.2) is 0 Å². The van der Waals surface area contributed by atoms with E-state index in [2.05, 4.69) is 39.9 Å². The summed E-state index contributed by atoms with van der Waals surface area (Å²) in [5.41, 5.74) is -28.0. The van der Waals surface area contributed by atoms with Crippen molar-refractivity contribution in [1.29, 1.82) is 0 Å². The Hall–Kier alpha value is -13.7. The number of ether oxygens (including phenoxy) is 2. The monoisotopic (exact) mass is 1770 g/mol. The summed E-state index contributed by atoms with van der Waals surface area (Å²) in [6.07, 6.45) is -45.1. The molecule has 0 spiro atoms. The molecule has 1 radical (unpaired) electrons. The van der Waals surface area contributed by atoms with Gasteiger partial charge in [0.25, 0.3) is 0 Å². The molecule has 16 nitrogen and oxygen atoms in total. The smallest absolute Gasteiger partial charge is 0.465 e. The first-order valence-electron chi connectivity index (χ1n) is 34.8. The van der Waals surface area contributed by atoms with Gasteiger partial charge in [-0.2, -0.15) is 105 Å². The second-order valence-electron chi connectivity index (χ2n) is 27.6. The minimum absolute atomic E-state index is 0. The number of methoxy groups -OCH3 is 2. The van der Waals surface area contributed by atoms with E-state index in [1.165, 1.54) is 72.8 Å². The van der Waals surface area contributed by atoms with Crippen LogP contribution >= 0.6 is 0 Å². The van der Waals surface area contributed by atoms with E-state index in [-0.39, 0.29) is 168 Å². The Balaban J connectivity index is 0.0000112. The second-order valence-corrected chi connectivity index (χ2v) is 27.6. The van der Waals surface area contributed by atoms with Crippen LogP contribution in [0.1, 0.15) is 65.2 Å². The zero-order valence-electron chi connectivity index (χ0n) is 60.6. The van der Waals surface area contributed by atoms with Gasteiger partial charge in [-0.15, -0.1) is 0 Å². The van der Waals surface area contributed by atoms with E-state index in [1.807, 2.05) is 0 Å². The Morgan fingerprint density at radius 3 is 0.699 bits per heavy atom. The number of benzene rings is 10. The molecule has 0 amide bonds. The van der Waals surface area contributed by atoms with Crippen LogP contribution < -0.4 is 9.97 Å². The second kappa shape index (κ2) is 28.7. The van der Waals surface area contributed by atoms with Crippen LogP contribution in [0.4, 0.5) is 105 Å². The number of rotatable bonds is 8. The van der Waals surface area contributed by atoms with Crippen LogP contribution in [0.5, 0.6) is 0 Å². The molecular weight excluding hydrogens is 1740 g/mol. The molecule has 7 heterocycles. The topological polar surface area (TPSA) is 216 Å². The van der Waals surface area contributed by atoms with Crippen LogP contribution in [0.15, 0.2) is 170 Å². The molecule has 10 aromatic carbocycles. The van der Waals surface area contributed by atoms with Crippen molar-refractivity contribution >= 4 is 78.1 Å². The van der Waals surface area contributed by atoms with Crippen molar-refractivity contribution in [2.75, 3.05) is 14.2 Å². The summed E-state index contributed by atoms with van der Waals surface area (Å²) in [6, 6.07) is 19.1. The Morgan fingerprint density at radius 1 is 0.268 bits per heavy atom. The average Bonchev–Trinajstić information content (AvgIpc) is 1.58. The number of hydrogen-bond donors (Lipinski definition) is 2. The molecule has 0 aliphatic carbocycles. The zero-order chi connectivity index (χ0) is 87.1. The van der Waals surface area contributed by atoms with Gasteiger partial charge >= 0.3 is 78.4 Å². The largest absolute Gasteiger partial charge is 2.00 e. The Bertz CT molecular complexity index is 6260. The fourth-order valence-corrected chi connectivity index (χ4v) is 14.4. The fourth-order valence-electron chi connectivity index (χ4n) is 14.4. The van der Waals surface area contributed by atoms with Gasteiger partial charge in [-0.3, -0.25) is 0 Å². The molecule has 8 bridgehead atoms. The minimum Gasteiger partial charge on any atom is -0.465 e. The van der Waals surface area contributed by atoms with E-state index in [0.717, 1.165) is 38.5 Å². The number of nitrogens with one attached hydrogen (secondary N) is 2. The van der Waals surface area contributed by atoms with E-state index in [0.29, 0.717) is 0 Å². The third kappa shape index (κ3) is 15.1. The molecule has 15 aromatic rings. The normalized spacial score (nSPS) is 13.0. The van der Waals surface area contributed by atoms with Crippen molar-refractivity contribution in [3.05, 3.63) is 225 Å². The number of aromatic amines is 2. The van der Waals surface area contributed by atoms with Crippen LogP contribution in [0.25, 0.3) is 179 Å². The van der Waals surface area contributed by atoms with Crippen molar-refractivity contribution < 1.29 is 142 Å². The zero-order valence-corrected chi connectivity index (χ0v) is 61.6. The van der Waals surface area contributed by atoms with Crippen molar-refractivity contribution in [1.82, 2.24) is 59.8 Å². The number of esters is 2. The first-order chi connectivity index (χ1) is 57.1. The first-order valence-corrected chi connectivity index (χ1v) is 34.8. The van der Waals surface area contributed by atoms with Crippen molar-refractivity contribution in [3.63, 3.8) is 0 Å². The molecule has 0 unspecified atom stereocenters. The molecule has 0 atom stereocenters. The number of carbonyl (C=O) groups excluding carboxylic acids is 2. The molecule has 5 aromatic heterocycles. The third-order valence-electron chi connectivity index (χ3n) is 20.0. The van der Waals surface area contributed by atoms with E-state index < -0.39 is 218 Å². The number of carbonyl (C=O) groups is 2. The van der Waals surface area contributed by atoms with Gasteiger partial charge in [-0.25, -0.2) is 29.5 Å². The predicted molar refractivity (Wildman–Crippen MR) is 389 cm³/mol. The standard InChI is InChI=1S/C82H38F24N12O4.Cu/c1-121-73(119)33-7-3-31(4-8-33)63-107-55-27-51-52(28-56(55)108-63)66-111-65(51)113-69-59-47(35-15-39(75(83,84)85)23-40(16-35)76(86,87)88)11-13-49(37-19-43(79(95,96)97)25-44(20-37)80(98,99)100)61(59)71(117-69)115-67-53-29-57-58(110-64(109-57)32-5-9-34(10-6-32)74(120)122-2)30-54(53)68(112-67)116-72-62-50(38-21-45(81(101,102)103)26-46(22-38)82(104,105)106)14-12-48(60(62)70(114-66)118-72)36-17-41(77(89,90)91)24-42(18-36)78(92,93)94;/h3-30H,1-2H3,(H4,107,108,109,110,111,112,113,114,115,116,117,118,119,120);/q;+2/p-2. The molecule has 2 aliphatic heterocycles. The molecular formula is C82H36CuF24N12O4. The molecule has 2 N–H and O–H groups in total. The predicted octanol–water partition coefficient (Wildman–Crippen LogP) is 23.6. The van der Waals surface area contributed by atoms with Crippen molar-refractivity contribution in [2.24, 2.45) is 0 Å². The minimum atomic E-state index is -5.63. The Kier molecular flexibility index (Phi) is 19.4. The van der Waals surface area contributed by atoms with Gasteiger partial charge in [0.05, 0.1) is 115 Å². The van der Waals surface area contributed by atoms with Crippen LogP contribution in [0, 0.1) is 0 Å². The molecule has 0 saturated carbocycles. The summed E-state index contributed by atoms with van der Waals surface area (Å²) in [5.74, 6) is -4.63. The number of halogens is 24. The van der Waals surface area contributed by atoms with Crippen LogP contribution in [0.3, 0.4) is 0 Å². The SMILES string of the molecule is COC(=O)c1ccc(-c2nc3cc4c(cc3[nH]2)-c2nc-4nc3[n-]c(nc4nc(nc5[n-]c(n2)c2c(-c6cc(C(F)(F)F)cc(C(F)(F)F)c6)ccc(-c6cc(C(F)(F)F)cc(C(F)(F)F)c6)c52)-c2cc5nc(-c6ccc(C(=O)OC)cc6)[nH]c5cc2-4)c2c(-c4cc(C(F)(F)F)cc(C(F)(F)F)c4)ccc(-c4cc(C(F)(F)F)cc(C(F)(F)F)c4)c32)cc1.[Cu+2]. The number of H-pyrrole nitrogens is 2. The Morgan fingerprint density at radius 2 is 0.488 bits per heavy atom. The molecule has 2 aliphatic rings. The van der Waals surface area contributed by atoms with E-state index in [9.17, 15) is 9.59 Å². The van der Waals surface area contributed by atoms with Gasteiger partial charge in [0.2, 0.25) is 0 Å². The maximum atomic E-state index is 15.1.